The molecule has 0 spiro atoms. The lowest BCUT2D eigenvalue weighted by Gasteiger charge is -2.40. The third-order valence-corrected chi connectivity index (χ3v) is 4.73. The van der Waals surface area contributed by atoms with Gasteiger partial charge in [-0.25, -0.2) is 0 Å². The molecule has 1 rings (SSSR count). The summed E-state index contributed by atoms with van der Waals surface area (Å²) in [7, 11) is 2.06. The molecule has 4 nitrogen and oxygen atoms in total. The molecule has 0 bridgehead atoms. The van der Waals surface area contributed by atoms with Crippen LogP contribution in [0.3, 0.4) is 0 Å². The van der Waals surface area contributed by atoms with Gasteiger partial charge in [0, 0.05) is 18.1 Å². The Labute approximate surface area is 124 Å². The number of nitrogens with two attached hydrogens (primary N) is 1. The fourth-order valence-corrected chi connectivity index (χ4v) is 3.34. The highest BCUT2D eigenvalue weighted by molar-refractivity contribution is 5.78. The van der Waals surface area contributed by atoms with E-state index in [1.807, 2.05) is 0 Å². The highest BCUT2D eigenvalue weighted by Crippen LogP contribution is 2.30. The van der Waals surface area contributed by atoms with E-state index in [4.69, 9.17) is 5.73 Å². The van der Waals surface area contributed by atoms with Crippen LogP contribution in [0.5, 0.6) is 0 Å². The van der Waals surface area contributed by atoms with E-state index in [1.54, 1.807) is 0 Å². The van der Waals surface area contributed by atoms with Crippen molar-refractivity contribution in [1.29, 1.82) is 0 Å². The average Bonchev–Trinajstić information content (AvgIpc) is 2.64. The molecule has 0 heterocycles. The number of nitrogens with zero attached hydrogens (tertiary/aromatic N) is 1. The third-order valence-electron chi connectivity index (χ3n) is 4.73. The first kappa shape index (κ1) is 17.4. The molecule has 3 N–H and O–H groups in total. The van der Waals surface area contributed by atoms with Crippen LogP contribution in [0, 0.1) is 0 Å². The van der Waals surface area contributed by atoms with E-state index in [-0.39, 0.29) is 17.5 Å². The fraction of sp³-hybridized carbons (Fsp3) is 0.938. The average molecular weight is 283 g/mol. The second-order valence-corrected chi connectivity index (χ2v) is 6.46. The van der Waals surface area contributed by atoms with E-state index in [9.17, 15) is 4.79 Å². The zero-order valence-electron chi connectivity index (χ0n) is 13.6. The summed E-state index contributed by atoms with van der Waals surface area (Å²) in [6, 6.07) is 0.267. The maximum Gasteiger partial charge on any atom is 0.234 e. The van der Waals surface area contributed by atoms with E-state index in [2.05, 4.69) is 31.1 Å². The molecule has 1 aliphatic carbocycles. The molecule has 0 aromatic carbocycles. The van der Waals surface area contributed by atoms with Crippen LogP contribution in [0.4, 0.5) is 0 Å². The fourth-order valence-electron chi connectivity index (χ4n) is 3.34. The van der Waals surface area contributed by atoms with Crippen molar-refractivity contribution >= 4 is 5.91 Å². The van der Waals surface area contributed by atoms with Gasteiger partial charge in [0.1, 0.15) is 0 Å². The summed E-state index contributed by atoms with van der Waals surface area (Å²) in [5, 5.41) is 3.09. The Kier molecular flexibility index (Phi) is 7.52. The van der Waals surface area contributed by atoms with Gasteiger partial charge < -0.3 is 11.1 Å². The van der Waals surface area contributed by atoms with Crippen LogP contribution in [0.25, 0.3) is 0 Å². The zero-order valence-corrected chi connectivity index (χ0v) is 13.6. The minimum Gasteiger partial charge on any atom is -0.353 e. The smallest absolute Gasteiger partial charge is 0.234 e. The van der Waals surface area contributed by atoms with Gasteiger partial charge in [0.15, 0.2) is 0 Å². The monoisotopic (exact) mass is 283 g/mol. The second kappa shape index (κ2) is 8.63. The Morgan fingerprint density at radius 2 is 1.90 bits per heavy atom. The molecule has 0 aromatic rings. The summed E-state index contributed by atoms with van der Waals surface area (Å²) in [4.78, 5) is 14.3. The lowest BCUT2D eigenvalue weighted by atomic mass is 9.88. The van der Waals surface area contributed by atoms with Crippen LogP contribution in [0.15, 0.2) is 0 Å². The number of likely N-dealkylation sites (N-methyl/N-ethyl adjacent to an activating group) is 1. The standard InChI is InChI=1S/C16H33N3O/c1-4-9-14(2)18-15(20)12-19(3)16(13-17)10-7-5-6-8-11-16/h14H,4-13,17H2,1-3H3,(H,18,20). The molecule has 20 heavy (non-hydrogen) atoms. The van der Waals surface area contributed by atoms with Crippen LogP contribution < -0.4 is 11.1 Å². The van der Waals surface area contributed by atoms with E-state index in [1.165, 1.54) is 25.7 Å². The molecular formula is C16H33N3O. The van der Waals surface area contributed by atoms with Gasteiger partial charge in [-0.2, -0.15) is 0 Å². The minimum absolute atomic E-state index is 0.0296. The van der Waals surface area contributed by atoms with E-state index < -0.39 is 0 Å². The Bertz CT molecular complexity index is 285. The largest absolute Gasteiger partial charge is 0.353 e. The van der Waals surface area contributed by atoms with Crippen LogP contribution in [-0.4, -0.2) is 42.5 Å². The Balaban J connectivity index is 2.53. The summed E-state index contributed by atoms with van der Waals surface area (Å²) in [6.07, 6.45) is 9.45. The predicted molar refractivity (Wildman–Crippen MR) is 84.6 cm³/mol. The molecule has 118 valence electrons. The first-order chi connectivity index (χ1) is 9.54. The van der Waals surface area contributed by atoms with Gasteiger partial charge in [0.25, 0.3) is 0 Å². The van der Waals surface area contributed by atoms with Crippen LogP contribution in [0.1, 0.15) is 65.2 Å². The van der Waals surface area contributed by atoms with Crippen molar-refractivity contribution in [2.75, 3.05) is 20.1 Å². The predicted octanol–water partition coefficient (Wildman–Crippen LogP) is 2.27. The first-order valence-electron chi connectivity index (χ1n) is 8.25. The van der Waals surface area contributed by atoms with Gasteiger partial charge in [0.05, 0.1) is 6.54 Å². The molecule has 0 saturated heterocycles. The summed E-state index contributed by atoms with van der Waals surface area (Å²) < 4.78 is 0. The molecule has 0 aliphatic heterocycles. The van der Waals surface area contributed by atoms with E-state index in [0.29, 0.717) is 13.1 Å². The maximum atomic E-state index is 12.1. The molecule has 0 radical (unpaired) electrons. The molecule has 1 unspecified atom stereocenters. The molecule has 1 fully saturated rings. The quantitative estimate of drug-likeness (QED) is 0.705. The number of nitrogens with one attached hydrogen (secondary N) is 1. The first-order valence-corrected chi connectivity index (χ1v) is 8.25. The van der Waals surface area contributed by atoms with Crippen LogP contribution in [-0.2, 0) is 4.79 Å². The van der Waals surface area contributed by atoms with Crippen molar-refractivity contribution in [3.05, 3.63) is 0 Å². The van der Waals surface area contributed by atoms with Crippen LogP contribution in [0.2, 0.25) is 0 Å². The molecule has 1 amide bonds. The second-order valence-electron chi connectivity index (χ2n) is 6.46. The molecule has 4 heteroatoms. The lowest BCUT2D eigenvalue weighted by Crippen LogP contribution is -2.55. The Morgan fingerprint density at radius 1 is 1.30 bits per heavy atom. The number of carbonyl (C=O) groups is 1. The van der Waals surface area contributed by atoms with Crippen molar-refractivity contribution < 1.29 is 4.79 Å². The van der Waals surface area contributed by atoms with Gasteiger partial charge in [-0.15, -0.1) is 0 Å². The molecule has 1 aliphatic rings. The van der Waals surface area contributed by atoms with Crippen molar-refractivity contribution in [2.45, 2.75) is 76.8 Å². The zero-order chi connectivity index (χ0) is 15.0. The summed E-state index contributed by atoms with van der Waals surface area (Å²) in [6.45, 7) is 5.34. The minimum atomic E-state index is 0.0296. The molecule has 1 atom stereocenters. The Hall–Kier alpha value is -0.610. The highest BCUT2D eigenvalue weighted by atomic mass is 16.2. The molecule has 0 aromatic heterocycles. The number of hydrogen-bond donors (Lipinski definition) is 2. The molecule has 1 saturated carbocycles. The number of rotatable bonds is 7. The Morgan fingerprint density at radius 3 is 2.40 bits per heavy atom. The lowest BCUT2D eigenvalue weighted by molar-refractivity contribution is -0.124. The summed E-state index contributed by atoms with van der Waals surface area (Å²) >= 11 is 0. The third kappa shape index (κ3) is 5.06. The summed E-state index contributed by atoms with van der Waals surface area (Å²) in [5.74, 6) is 0.130. The van der Waals surface area contributed by atoms with Gasteiger partial charge in [-0.3, -0.25) is 9.69 Å². The van der Waals surface area contributed by atoms with Gasteiger partial charge in [0.2, 0.25) is 5.91 Å². The van der Waals surface area contributed by atoms with Gasteiger partial charge in [-0.05, 0) is 33.2 Å². The van der Waals surface area contributed by atoms with E-state index in [0.717, 1.165) is 25.7 Å². The summed E-state index contributed by atoms with van der Waals surface area (Å²) in [5.41, 5.74) is 6.09. The normalized spacial score (nSPS) is 20.4. The topological polar surface area (TPSA) is 58.4 Å². The van der Waals surface area contributed by atoms with Gasteiger partial charge in [-0.1, -0.05) is 39.0 Å². The number of hydrogen-bond acceptors (Lipinski definition) is 3. The van der Waals surface area contributed by atoms with Gasteiger partial charge >= 0.3 is 0 Å². The van der Waals surface area contributed by atoms with Crippen LogP contribution >= 0.6 is 0 Å². The van der Waals surface area contributed by atoms with Crippen molar-refractivity contribution in [3.8, 4) is 0 Å². The molecular weight excluding hydrogens is 250 g/mol. The van der Waals surface area contributed by atoms with E-state index >= 15 is 0 Å². The van der Waals surface area contributed by atoms with Crippen molar-refractivity contribution in [2.24, 2.45) is 5.73 Å². The number of amides is 1. The SMILES string of the molecule is CCCC(C)NC(=O)CN(C)C1(CN)CCCCCC1. The van der Waals surface area contributed by atoms with Crippen molar-refractivity contribution in [3.63, 3.8) is 0 Å². The van der Waals surface area contributed by atoms with Crippen molar-refractivity contribution in [1.82, 2.24) is 10.2 Å². The number of carbonyl (C=O) groups excluding carboxylic acids is 1. The maximum absolute atomic E-state index is 12.1. The highest BCUT2D eigenvalue weighted by Gasteiger charge is 2.34.